The van der Waals surface area contributed by atoms with Crippen LogP contribution in [0.5, 0.6) is 11.5 Å². The lowest BCUT2D eigenvalue weighted by Crippen LogP contribution is -2.12. The lowest BCUT2D eigenvalue weighted by atomic mass is 10.2. The topological polar surface area (TPSA) is 59.1 Å². The Bertz CT molecular complexity index is 596. The number of nitrogen functional groups attached to an aromatic ring is 1. The molecule has 0 saturated heterocycles. The van der Waals surface area contributed by atoms with E-state index in [9.17, 15) is 0 Å². The summed E-state index contributed by atoms with van der Waals surface area (Å²) in [6.07, 6.45) is 0. The van der Waals surface area contributed by atoms with Gasteiger partial charge in [0.05, 0.1) is 5.56 Å². The van der Waals surface area contributed by atoms with Gasteiger partial charge in [0.1, 0.15) is 17.3 Å². The highest BCUT2D eigenvalue weighted by Gasteiger charge is 2.09. The Morgan fingerprint density at radius 1 is 1.17 bits per heavy atom. The van der Waals surface area contributed by atoms with E-state index in [1.165, 1.54) is 0 Å². The molecule has 2 aromatic rings. The van der Waals surface area contributed by atoms with E-state index in [1.807, 2.05) is 43.3 Å². The summed E-state index contributed by atoms with van der Waals surface area (Å²) in [5, 5.41) is 7.55. The highest BCUT2D eigenvalue weighted by Crippen LogP contribution is 2.30. The number of para-hydroxylation sites is 1. The van der Waals surface area contributed by atoms with Crippen LogP contribution in [0.4, 0.5) is 0 Å². The Balaban J connectivity index is 2.42. The molecule has 92 valence electrons. The van der Waals surface area contributed by atoms with Crippen molar-refractivity contribution in [3.63, 3.8) is 0 Å². The zero-order chi connectivity index (χ0) is 13.1. The van der Waals surface area contributed by atoms with Crippen molar-refractivity contribution in [2.45, 2.75) is 6.92 Å². The Morgan fingerprint density at radius 2 is 1.89 bits per heavy atom. The molecule has 0 aliphatic heterocycles. The maximum atomic E-state index is 7.55. The van der Waals surface area contributed by atoms with Gasteiger partial charge in [-0.3, -0.25) is 5.41 Å². The molecule has 3 nitrogen and oxygen atoms in total. The Hall–Kier alpha value is -1.81. The monoisotopic (exact) mass is 304 g/mol. The Labute approximate surface area is 114 Å². The molecule has 0 bridgehead atoms. The van der Waals surface area contributed by atoms with Crippen LogP contribution in [0.15, 0.2) is 46.9 Å². The second kappa shape index (κ2) is 5.23. The lowest BCUT2D eigenvalue weighted by Gasteiger charge is -2.12. The highest BCUT2D eigenvalue weighted by molar-refractivity contribution is 9.10. The molecule has 0 heterocycles. The molecule has 4 heteroatoms. The minimum atomic E-state index is -0.00826. The van der Waals surface area contributed by atoms with Crippen LogP contribution in [0.3, 0.4) is 0 Å². The van der Waals surface area contributed by atoms with Gasteiger partial charge in [-0.1, -0.05) is 34.1 Å². The number of hydrogen-bond acceptors (Lipinski definition) is 2. The first kappa shape index (κ1) is 12.6. The minimum Gasteiger partial charge on any atom is -0.456 e. The van der Waals surface area contributed by atoms with Gasteiger partial charge in [0, 0.05) is 4.47 Å². The molecule has 3 N–H and O–H groups in total. The van der Waals surface area contributed by atoms with Gasteiger partial charge in [0.25, 0.3) is 0 Å². The molecule has 2 aromatic carbocycles. The van der Waals surface area contributed by atoms with Crippen molar-refractivity contribution < 1.29 is 4.74 Å². The fraction of sp³-hybridized carbons (Fsp3) is 0.0714. The number of benzene rings is 2. The smallest absolute Gasteiger partial charge is 0.139 e. The Kier molecular flexibility index (Phi) is 3.67. The number of nitrogens with two attached hydrogens (primary N) is 1. The average molecular weight is 305 g/mol. The van der Waals surface area contributed by atoms with E-state index in [0.717, 1.165) is 15.8 Å². The van der Waals surface area contributed by atoms with Gasteiger partial charge in [-0.2, -0.15) is 0 Å². The lowest BCUT2D eigenvalue weighted by molar-refractivity contribution is 0.477. The van der Waals surface area contributed by atoms with Crippen LogP contribution in [-0.4, -0.2) is 5.84 Å². The van der Waals surface area contributed by atoms with E-state index in [2.05, 4.69) is 15.9 Å². The summed E-state index contributed by atoms with van der Waals surface area (Å²) in [6.45, 7) is 1.97. The van der Waals surface area contributed by atoms with Gasteiger partial charge >= 0.3 is 0 Å². The summed E-state index contributed by atoms with van der Waals surface area (Å²) < 4.78 is 6.72. The summed E-state index contributed by atoms with van der Waals surface area (Å²) in [5.74, 6) is 1.33. The summed E-state index contributed by atoms with van der Waals surface area (Å²) in [7, 11) is 0. The SMILES string of the molecule is Cc1ccccc1Oc1cc(Br)ccc1C(=N)N. The van der Waals surface area contributed by atoms with Crippen LogP contribution in [-0.2, 0) is 0 Å². The molecule has 0 saturated carbocycles. The van der Waals surface area contributed by atoms with Crippen molar-refractivity contribution in [1.82, 2.24) is 0 Å². The molecule has 0 radical (unpaired) electrons. The zero-order valence-electron chi connectivity index (χ0n) is 9.91. The summed E-state index contributed by atoms with van der Waals surface area (Å²) in [6, 6.07) is 13.1. The molecule has 2 rings (SSSR count). The van der Waals surface area contributed by atoms with Crippen LogP contribution >= 0.6 is 15.9 Å². The number of nitrogens with one attached hydrogen (secondary N) is 1. The number of amidine groups is 1. The standard InChI is InChI=1S/C14H13BrN2O/c1-9-4-2-3-5-12(9)18-13-8-10(15)6-7-11(13)14(16)17/h2-8H,1H3,(H3,16,17). The summed E-state index contributed by atoms with van der Waals surface area (Å²) in [5.41, 5.74) is 7.16. The number of halogens is 1. The van der Waals surface area contributed by atoms with Gasteiger partial charge in [-0.15, -0.1) is 0 Å². The third kappa shape index (κ3) is 2.71. The van der Waals surface area contributed by atoms with E-state index < -0.39 is 0 Å². The molecule has 0 atom stereocenters. The first-order chi connectivity index (χ1) is 8.58. The molecule has 0 aromatic heterocycles. The summed E-state index contributed by atoms with van der Waals surface area (Å²) >= 11 is 3.39. The molecule has 0 aliphatic rings. The first-order valence-corrected chi connectivity index (χ1v) is 6.24. The van der Waals surface area contributed by atoms with Gasteiger partial charge in [-0.05, 0) is 36.8 Å². The van der Waals surface area contributed by atoms with Gasteiger partial charge < -0.3 is 10.5 Å². The van der Waals surface area contributed by atoms with Crippen molar-refractivity contribution in [2.75, 3.05) is 0 Å². The van der Waals surface area contributed by atoms with Gasteiger partial charge in [0.15, 0.2) is 0 Å². The predicted octanol–water partition coefficient (Wildman–Crippen LogP) is 3.83. The normalized spacial score (nSPS) is 10.1. The quantitative estimate of drug-likeness (QED) is 0.668. The molecular weight excluding hydrogens is 292 g/mol. The zero-order valence-corrected chi connectivity index (χ0v) is 11.5. The maximum absolute atomic E-state index is 7.55. The van der Waals surface area contributed by atoms with Gasteiger partial charge in [-0.25, -0.2) is 0 Å². The number of aryl methyl sites for hydroxylation is 1. The molecule has 18 heavy (non-hydrogen) atoms. The first-order valence-electron chi connectivity index (χ1n) is 5.45. The van der Waals surface area contributed by atoms with E-state index >= 15 is 0 Å². The summed E-state index contributed by atoms with van der Waals surface area (Å²) in [4.78, 5) is 0. The van der Waals surface area contributed by atoms with Crippen molar-refractivity contribution in [3.05, 3.63) is 58.1 Å². The highest BCUT2D eigenvalue weighted by atomic mass is 79.9. The second-order valence-corrected chi connectivity index (χ2v) is 4.84. The second-order valence-electron chi connectivity index (χ2n) is 3.92. The Morgan fingerprint density at radius 3 is 2.56 bits per heavy atom. The number of rotatable bonds is 3. The predicted molar refractivity (Wildman–Crippen MR) is 76.4 cm³/mol. The molecular formula is C14H13BrN2O. The number of ether oxygens (including phenoxy) is 1. The third-order valence-electron chi connectivity index (χ3n) is 2.55. The van der Waals surface area contributed by atoms with Crippen molar-refractivity contribution in [1.29, 1.82) is 5.41 Å². The van der Waals surface area contributed by atoms with Crippen LogP contribution in [0.2, 0.25) is 0 Å². The molecule has 0 amide bonds. The molecule has 0 fully saturated rings. The minimum absolute atomic E-state index is 0.00826. The fourth-order valence-corrected chi connectivity index (χ4v) is 1.93. The fourth-order valence-electron chi connectivity index (χ4n) is 1.59. The van der Waals surface area contributed by atoms with Crippen LogP contribution < -0.4 is 10.5 Å². The van der Waals surface area contributed by atoms with Crippen molar-refractivity contribution in [2.24, 2.45) is 5.73 Å². The van der Waals surface area contributed by atoms with E-state index in [-0.39, 0.29) is 5.84 Å². The number of hydrogen-bond donors (Lipinski definition) is 2. The van der Waals surface area contributed by atoms with Crippen LogP contribution in [0, 0.1) is 12.3 Å². The third-order valence-corrected chi connectivity index (χ3v) is 3.04. The van der Waals surface area contributed by atoms with Gasteiger partial charge in [0.2, 0.25) is 0 Å². The van der Waals surface area contributed by atoms with Crippen LogP contribution in [0.1, 0.15) is 11.1 Å². The van der Waals surface area contributed by atoms with Crippen molar-refractivity contribution in [3.8, 4) is 11.5 Å². The van der Waals surface area contributed by atoms with E-state index in [1.54, 1.807) is 6.07 Å². The largest absolute Gasteiger partial charge is 0.456 e. The van der Waals surface area contributed by atoms with E-state index in [4.69, 9.17) is 15.9 Å². The van der Waals surface area contributed by atoms with Crippen LogP contribution in [0.25, 0.3) is 0 Å². The molecule has 0 unspecified atom stereocenters. The molecule has 0 spiro atoms. The molecule has 0 aliphatic carbocycles. The maximum Gasteiger partial charge on any atom is 0.139 e. The average Bonchev–Trinajstić information content (AvgIpc) is 2.32. The van der Waals surface area contributed by atoms with E-state index in [0.29, 0.717) is 11.3 Å². The van der Waals surface area contributed by atoms with Crippen molar-refractivity contribution >= 4 is 21.8 Å².